The number of ether oxygens (including phenoxy) is 3. The van der Waals surface area contributed by atoms with Crippen LogP contribution in [0.15, 0.2) is 0 Å². The standard InChI is InChI=1S/C10H19NO3/c1-10(8-2-4-12-5-3-8)13-6-9(11)7-14-10/h8-9H,2-7,11H2,1H3. The molecule has 2 N–H and O–H groups in total. The summed E-state index contributed by atoms with van der Waals surface area (Å²) in [7, 11) is 0. The average molecular weight is 201 g/mol. The van der Waals surface area contributed by atoms with Crippen molar-refractivity contribution >= 4 is 0 Å². The summed E-state index contributed by atoms with van der Waals surface area (Å²) in [6.07, 6.45) is 2.04. The van der Waals surface area contributed by atoms with E-state index in [0.717, 1.165) is 26.1 Å². The van der Waals surface area contributed by atoms with Gasteiger partial charge in [-0.05, 0) is 19.8 Å². The van der Waals surface area contributed by atoms with E-state index in [9.17, 15) is 0 Å². The lowest BCUT2D eigenvalue weighted by Crippen LogP contribution is -2.52. The Hall–Kier alpha value is -0.160. The fourth-order valence-corrected chi connectivity index (χ4v) is 2.09. The van der Waals surface area contributed by atoms with E-state index in [2.05, 4.69) is 0 Å². The number of hydrogen-bond donors (Lipinski definition) is 1. The first kappa shape index (κ1) is 10.4. The summed E-state index contributed by atoms with van der Waals surface area (Å²) < 4.78 is 16.7. The molecule has 82 valence electrons. The lowest BCUT2D eigenvalue weighted by Gasteiger charge is -2.43. The van der Waals surface area contributed by atoms with Gasteiger partial charge >= 0.3 is 0 Å². The van der Waals surface area contributed by atoms with Gasteiger partial charge in [-0.15, -0.1) is 0 Å². The maximum atomic E-state index is 5.71. The summed E-state index contributed by atoms with van der Waals surface area (Å²) in [4.78, 5) is 0. The lowest BCUT2D eigenvalue weighted by atomic mass is 9.91. The monoisotopic (exact) mass is 201 g/mol. The second-order valence-electron chi connectivity index (χ2n) is 4.28. The van der Waals surface area contributed by atoms with Gasteiger partial charge in [0.15, 0.2) is 5.79 Å². The Labute approximate surface area is 84.7 Å². The van der Waals surface area contributed by atoms with Gasteiger partial charge in [0.25, 0.3) is 0 Å². The minimum absolute atomic E-state index is 0.0305. The molecule has 0 bridgehead atoms. The van der Waals surface area contributed by atoms with Gasteiger partial charge in [0.1, 0.15) is 0 Å². The molecule has 0 aromatic carbocycles. The third-order valence-corrected chi connectivity index (χ3v) is 3.13. The number of rotatable bonds is 1. The lowest BCUT2D eigenvalue weighted by molar-refractivity contribution is -0.295. The van der Waals surface area contributed by atoms with Crippen LogP contribution in [-0.4, -0.2) is 38.3 Å². The van der Waals surface area contributed by atoms with Gasteiger partial charge in [-0.2, -0.15) is 0 Å². The van der Waals surface area contributed by atoms with Gasteiger partial charge in [-0.1, -0.05) is 0 Å². The highest BCUT2D eigenvalue weighted by molar-refractivity contribution is 4.82. The van der Waals surface area contributed by atoms with Gasteiger partial charge < -0.3 is 19.9 Å². The molecule has 0 amide bonds. The Kier molecular flexibility index (Phi) is 3.07. The van der Waals surface area contributed by atoms with Crippen LogP contribution in [0.2, 0.25) is 0 Å². The zero-order valence-electron chi connectivity index (χ0n) is 8.70. The van der Waals surface area contributed by atoms with Crippen molar-refractivity contribution in [3.8, 4) is 0 Å². The van der Waals surface area contributed by atoms with E-state index in [1.165, 1.54) is 0 Å². The van der Waals surface area contributed by atoms with E-state index >= 15 is 0 Å². The molecule has 0 aliphatic carbocycles. The Bertz CT molecular complexity index is 184. The van der Waals surface area contributed by atoms with Crippen LogP contribution in [0.1, 0.15) is 19.8 Å². The summed E-state index contributed by atoms with van der Waals surface area (Å²) in [5, 5.41) is 0. The fraction of sp³-hybridized carbons (Fsp3) is 1.00. The highest BCUT2D eigenvalue weighted by atomic mass is 16.7. The predicted molar refractivity (Wildman–Crippen MR) is 51.8 cm³/mol. The van der Waals surface area contributed by atoms with Crippen LogP contribution in [0.4, 0.5) is 0 Å². The molecule has 2 aliphatic heterocycles. The molecule has 2 saturated heterocycles. The van der Waals surface area contributed by atoms with E-state index in [1.54, 1.807) is 0 Å². The third kappa shape index (κ3) is 2.08. The maximum Gasteiger partial charge on any atom is 0.168 e. The smallest absolute Gasteiger partial charge is 0.168 e. The Morgan fingerprint density at radius 1 is 1.14 bits per heavy atom. The van der Waals surface area contributed by atoms with Crippen LogP contribution in [0.3, 0.4) is 0 Å². The van der Waals surface area contributed by atoms with Crippen molar-refractivity contribution in [3.05, 3.63) is 0 Å². The van der Waals surface area contributed by atoms with Crippen LogP contribution >= 0.6 is 0 Å². The minimum Gasteiger partial charge on any atom is -0.381 e. The van der Waals surface area contributed by atoms with E-state index in [-0.39, 0.29) is 6.04 Å². The Morgan fingerprint density at radius 2 is 1.71 bits per heavy atom. The first-order valence-electron chi connectivity index (χ1n) is 5.32. The zero-order chi connectivity index (χ0) is 10.0. The highest BCUT2D eigenvalue weighted by Crippen LogP contribution is 2.33. The van der Waals surface area contributed by atoms with Crippen molar-refractivity contribution in [2.24, 2.45) is 11.7 Å². The van der Waals surface area contributed by atoms with E-state index in [0.29, 0.717) is 19.1 Å². The molecule has 14 heavy (non-hydrogen) atoms. The first-order chi connectivity index (χ1) is 6.71. The molecule has 4 heteroatoms. The largest absolute Gasteiger partial charge is 0.381 e. The zero-order valence-corrected chi connectivity index (χ0v) is 8.70. The normalized spacial score (nSPS) is 41.1. The van der Waals surface area contributed by atoms with Crippen LogP contribution in [0.25, 0.3) is 0 Å². The summed E-state index contributed by atoms with van der Waals surface area (Å²) in [5.74, 6) is 0.0170. The molecule has 0 radical (unpaired) electrons. The minimum atomic E-state index is -0.431. The van der Waals surface area contributed by atoms with Crippen molar-refractivity contribution in [1.82, 2.24) is 0 Å². The van der Waals surface area contributed by atoms with Gasteiger partial charge in [0.05, 0.1) is 19.3 Å². The molecule has 0 unspecified atom stereocenters. The van der Waals surface area contributed by atoms with Gasteiger partial charge in [-0.3, -0.25) is 0 Å². The average Bonchev–Trinajstić information content (AvgIpc) is 2.24. The first-order valence-corrected chi connectivity index (χ1v) is 5.32. The van der Waals surface area contributed by atoms with E-state index in [4.69, 9.17) is 19.9 Å². The summed E-state index contributed by atoms with van der Waals surface area (Å²) in [5.41, 5.74) is 5.71. The van der Waals surface area contributed by atoms with Crippen LogP contribution in [-0.2, 0) is 14.2 Å². The third-order valence-electron chi connectivity index (χ3n) is 3.13. The molecule has 2 aliphatic rings. The molecule has 2 heterocycles. The molecule has 2 fully saturated rings. The van der Waals surface area contributed by atoms with E-state index in [1.807, 2.05) is 6.92 Å². The summed E-state index contributed by atoms with van der Waals surface area (Å²) in [6, 6.07) is 0.0305. The second-order valence-corrected chi connectivity index (χ2v) is 4.28. The molecular formula is C10H19NO3. The van der Waals surface area contributed by atoms with Crippen molar-refractivity contribution < 1.29 is 14.2 Å². The summed E-state index contributed by atoms with van der Waals surface area (Å²) in [6.45, 7) is 4.87. The van der Waals surface area contributed by atoms with Crippen molar-refractivity contribution in [3.63, 3.8) is 0 Å². The van der Waals surface area contributed by atoms with E-state index < -0.39 is 5.79 Å². The Balaban J connectivity index is 1.93. The van der Waals surface area contributed by atoms with Crippen molar-refractivity contribution in [2.75, 3.05) is 26.4 Å². The Morgan fingerprint density at radius 3 is 2.29 bits per heavy atom. The topological polar surface area (TPSA) is 53.7 Å². The number of nitrogens with two attached hydrogens (primary N) is 1. The summed E-state index contributed by atoms with van der Waals surface area (Å²) >= 11 is 0. The molecule has 4 nitrogen and oxygen atoms in total. The highest BCUT2D eigenvalue weighted by Gasteiger charge is 2.40. The molecular weight excluding hydrogens is 182 g/mol. The van der Waals surface area contributed by atoms with Crippen LogP contribution in [0, 0.1) is 5.92 Å². The van der Waals surface area contributed by atoms with Crippen molar-refractivity contribution in [2.45, 2.75) is 31.6 Å². The van der Waals surface area contributed by atoms with Gasteiger partial charge in [-0.25, -0.2) is 0 Å². The predicted octanol–water partition coefficient (Wildman–Crippen LogP) is 0.503. The maximum absolute atomic E-state index is 5.71. The molecule has 0 aromatic heterocycles. The molecule has 2 rings (SSSR count). The quantitative estimate of drug-likeness (QED) is 0.671. The van der Waals surface area contributed by atoms with Crippen LogP contribution < -0.4 is 5.73 Å². The fourth-order valence-electron chi connectivity index (χ4n) is 2.09. The van der Waals surface area contributed by atoms with Crippen molar-refractivity contribution in [1.29, 1.82) is 0 Å². The van der Waals surface area contributed by atoms with Gasteiger partial charge in [0.2, 0.25) is 0 Å². The molecule has 0 saturated carbocycles. The van der Waals surface area contributed by atoms with Crippen LogP contribution in [0.5, 0.6) is 0 Å². The molecule has 0 spiro atoms. The SMILES string of the molecule is CC1(C2CCOCC2)OCC(N)CO1. The second kappa shape index (κ2) is 4.14. The molecule has 0 atom stereocenters. The number of hydrogen-bond acceptors (Lipinski definition) is 4. The van der Waals surface area contributed by atoms with Gasteiger partial charge in [0, 0.05) is 19.1 Å². The molecule has 0 aromatic rings.